The van der Waals surface area contributed by atoms with Gasteiger partial charge in [-0.05, 0) is 31.9 Å². The number of nitrogens with one attached hydrogen (secondary N) is 2. The van der Waals surface area contributed by atoms with Gasteiger partial charge in [-0.1, -0.05) is 12.1 Å². The van der Waals surface area contributed by atoms with Gasteiger partial charge < -0.3 is 15.5 Å². The van der Waals surface area contributed by atoms with Crippen molar-refractivity contribution in [1.29, 1.82) is 5.26 Å². The molecule has 0 spiro atoms. The van der Waals surface area contributed by atoms with Crippen LogP contribution >= 0.6 is 0 Å². The summed E-state index contributed by atoms with van der Waals surface area (Å²) >= 11 is 0. The second kappa shape index (κ2) is 8.61. The first-order chi connectivity index (χ1) is 16.7. The molecule has 2 fully saturated rings. The van der Waals surface area contributed by atoms with Crippen molar-refractivity contribution in [3.05, 3.63) is 52.6 Å². The van der Waals surface area contributed by atoms with E-state index in [1.165, 1.54) is 12.1 Å². The maximum absolute atomic E-state index is 14.5. The van der Waals surface area contributed by atoms with Gasteiger partial charge in [-0.2, -0.15) is 18.4 Å². The molecule has 0 atom stereocenters. The number of nitriles is 1. The predicted molar refractivity (Wildman–Crippen MR) is 122 cm³/mol. The third-order valence-corrected chi connectivity index (χ3v) is 6.51. The average molecular weight is 485 g/mol. The molecule has 3 aromatic rings. The zero-order chi connectivity index (χ0) is 24.8. The summed E-state index contributed by atoms with van der Waals surface area (Å²) in [4.78, 5) is 15.9. The lowest BCUT2D eigenvalue weighted by Crippen LogP contribution is -2.44. The van der Waals surface area contributed by atoms with Crippen LogP contribution in [-0.2, 0) is 18.1 Å². The van der Waals surface area contributed by atoms with Crippen LogP contribution in [0.2, 0.25) is 0 Å². The average Bonchev–Trinajstić information content (AvgIpc) is 3.63. The highest BCUT2D eigenvalue weighted by molar-refractivity contribution is 5.89. The molecular weight excluding hydrogens is 462 g/mol. The fourth-order valence-electron chi connectivity index (χ4n) is 4.44. The number of nitrogens with zero attached hydrogens (tertiary/aromatic N) is 5. The van der Waals surface area contributed by atoms with Crippen molar-refractivity contribution in [2.75, 3.05) is 36.4 Å². The lowest BCUT2D eigenvalue weighted by atomic mass is 9.96. The van der Waals surface area contributed by atoms with E-state index in [0.29, 0.717) is 28.7 Å². The fraction of sp³-hybridized carbons (Fsp3) is 0.417. The van der Waals surface area contributed by atoms with Gasteiger partial charge in [0.2, 0.25) is 0 Å². The minimum atomic E-state index is -4.78. The number of hydrogen-bond acceptors (Lipinski definition) is 7. The van der Waals surface area contributed by atoms with E-state index >= 15 is 0 Å². The number of rotatable bonds is 5. The summed E-state index contributed by atoms with van der Waals surface area (Å²) in [5, 5.41) is 16.7. The van der Waals surface area contributed by atoms with Gasteiger partial charge in [0.05, 0.1) is 22.4 Å². The van der Waals surface area contributed by atoms with Crippen LogP contribution in [0.3, 0.4) is 0 Å². The van der Waals surface area contributed by atoms with Crippen LogP contribution < -0.4 is 15.5 Å². The van der Waals surface area contributed by atoms with Crippen molar-refractivity contribution in [3.8, 4) is 6.07 Å². The second-order valence-corrected chi connectivity index (χ2v) is 8.91. The molecule has 1 aliphatic heterocycles. The molecule has 11 heteroatoms. The number of anilines is 2. The van der Waals surface area contributed by atoms with Crippen LogP contribution in [0.15, 0.2) is 24.3 Å². The van der Waals surface area contributed by atoms with E-state index in [9.17, 15) is 22.8 Å². The molecule has 35 heavy (non-hydrogen) atoms. The van der Waals surface area contributed by atoms with Gasteiger partial charge in [-0.25, -0.2) is 19.3 Å². The lowest BCUT2D eigenvalue weighted by molar-refractivity contribution is -0.140. The van der Waals surface area contributed by atoms with E-state index in [2.05, 4.69) is 31.6 Å². The molecule has 2 aromatic heterocycles. The Morgan fingerprint density at radius 3 is 2.57 bits per heavy atom. The molecule has 0 amide bonds. The number of hydrogen-bond donors (Lipinski definition) is 2. The molecular formula is C24H23F4N7. The Balaban J connectivity index is 1.56. The molecule has 182 valence electrons. The lowest BCUT2D eigenvalue weighted by Gasteiger charge is -2.31. The van der Waals surface area contributed by atoms with Crippen LogP contribution in [0, 0.1) is 24.1 Å². The van der Waals surface area contributed by atoms with E-state index in [1.807, 2.05) is 6.07 Å². The maximum atomic E-state index is 14.5. The number of fused-ring (bicyclic) bond motifs is 1. The number of aromatic nitrogens is 3. The highest BCUT2D eigenvalue weighted by atomic mass is 19.4. The number of halogens is 4. The van der Waals surface area contributed by atoms with Crippen molar-refractivity contribution in [2.45, 2.75) is 37.9 Å². The van der Waals surface area contributed by atoms with Crippen LogP contribution in [-0.4, -0.2) is 41.1 Å². The summed E-state index contributed by atoms with van der Waals surface area (Å²) in [6.45, 7) is 4.58. The molecule has 1 saturated carbocycles. The van der Waals surface area contributed by atoms with Crippen molar-refractivity contribution < 1.29 is 17.6 Å². The third-order valence-electron chi connectivity index (χ3n) is 6.51. The number of pyridine rings is 1. The highest BCUT2D eigenvalue weighted by Crippen LogP contribution is 2.51. The van der Waals surface area contributed by atoms with Gasteiger partial charge in [0, 0.05) is 43.9 Å². The van der Waals surface area contributed by atoms with Crippen molar-refractivity contribution in [3.63, 3.8) is 0 Å². The summed E-state index contributed by atoms with van der Waals surface area (Å²) in [6.07, 6.45) is -3.34. The Morgan fingerprint density at radius 1 is 1.17 bits per heavy atom. The largest absolute Gasteiger partial charge is 0.419 e. The van der Waals surface area contributed by atoms with E-state index < -0.39 is 23.0 Å². The Morgan fingerprint density at radius 2 is 1.91 bits per heavy atom. The fourth-order valence-corrected chi connectivity index (χ4v) is 4.44. The summed E-state index contributed by atoms with van der Waals surface area (Å²) in [7, 11) is 0. The molecule has 1 aromatic carbocycles. The molecule has 0 bridgehead atoms. The van der Waals surface area contributed by atoms with Crippen LogP contribution in [0.1, 0.15) is 35.4 Å². The number of alkyl halides is 3. The van der Waals surface area contributed by atoms with Gasteiger partial charge in [-0.15, -0.1) is 0 Å². The number of piperazine rings is 1. The molecule has 5 rings (SSSR count). The quantitative estimate of drug-likeness (QED) is 0.527. The Labute approximate surface area is 199 Å². The van der Waals surface area contributed by atoms with Crippen molar-refractivity contribution >= 4 is 22.7 Å². The van der Waals surface area contributed by atoms with Gasteiger partial charge in [0.1, 0.15) is 23.3 Å². The normalized spacial score (nSPS) is 17.3. The third kappa shape index (κ3) is 4.34. The van der Waals surface area contributed by atoms with Gasteiger partial charge in [0.25, 0.3) is 0 Å². The topological polar surface area (TPSA) is 89.8 Å². The van der Waals surface area contributed by atoms with E-state index in [-0.39, 0.29) is 12.1 Å². The minimum absolute atomic E-state index is 0.134. The molecule has 2 N–H and O–H groups in total. The smallest absolute Gasteiger partial charge is 0.365 e. The molecule has 1 saturated heterocycles. The minimum Gasteiger partial charge on any atom is -0.365 e. The second-order valence-electron chi connectivity index (χ2n) is 8.91. The molecule has 0 radical (unpaired) electrons. The monoisotopic (exact) mass is 485 g/mol. The summed E-state index contributed by atoms with van der Waals surface area (Å²) in [6, 6.07) is 7.48. The SMILES string of the molecule is Cc1nc(NCc2cccc(C(F)(F)F)c2F)c2cc(C3(C#N)CC3)c(N3CCNCC3)nc2n1. The molecule has 7 nitrogen and oxygen atoms in total. The summed E-state index contributed by atoms with van der Waals surface area (Å²) < 4.78 is 53.9. The molecule has 1 aliphatic carbocycles. The predicted octanol–water partition coefficient (Wildman–Crippen LogP) is 4.07. The molecule has 2 aliphatic rings. The number of benzene rings is 1. The summed E-state index contributed by atoms with van der Waals surface area (Å²) in [5.41, 5.74) is -0.859. The van der Waals surface area contributed by atoms with Crippen LogP contribution in [0.25, 0.3) is 11.0 Å². The van der Waals surface area contributed by atoms with E-state index in [1.54, 1.807) is 6.92 Å². The van der Waals surface area contributed by atoms with Gasteiger partial charge in [0.15, 0.2) is 5.65 Å². The van der Waals surface area contributed by atoms with Crippen molar-refractivity contribution in [2.24, 2.45) is 0 Å². The summed E-state index contributed by atoms with van der Waals surface area (Å²) in [5.74, 6) is 0.158. The van der Waals surface area contributed by atoms with E-state index in [4.69, 9.17) is 4.98 Å². The Hall–Kier alpha value is -3.52. The highest BCUT2D eigenvalue weighted by Gasteiger charge is 2.48. The zero-order valence-corrected chi connectivity index (χ0v) is 19.0. The first-order valence-corrected chi connectivity index (χ1v) is 11.4. The number of aryl methyl sites for hydroxylation is 1. The first-order valence-electron chi connectivity index (χ1n) is 11.4. The zero-order valence-electron chi connectivity index (χ0n) is 19.0. The Bertz CT molecular complexity index is 1320. The van der Waals surface area contributed by atoms with Crippen LogP contribution in [0.5, 0.6) is 0 Å². The van der Waals surface area contributed by atoms with Gasteiger partial charge >= 0.3 is 6.18 Å². The Kier molecular flexibility index (Phi) is 5.71. The molecule has 0 unspecified atom stereocenters. The molecule has 3 heterocycles. The van der Waals surface area contributed by atoms with E-state index in [0.717, 1.165) is 50.4 Å². The van der Waals surface area contributed by atoms with Crippen molar-refractivity contribution in [1.82, 2.24) is 20.3 Å². The van der Waals surface area contributed by atoms with Gasteiger partial charge in [-0.3, -0.25) is 0 Å². The first kappa shape index (κ1) is 23.2. The standard InChI is InChI=1S/C24H23F4N7/c1-14-32-20(31-12-15-3-2-4-17(19(15)25)24(26,27)28)16-11-18(23(13-29)5-6-23)22(34-21(16)33-14)35-9-7-30-8-10-35/h2-4,11,30H,5-10,12H2,1H3,(H,31,32,33,34). The maximum Gasteiger partial charge on any atom is 0.419 e. The van der Waals surface area contributed by atoms with Crippen LogP contribution in [0.4, 0.5) is 29.2 Å².